The Balaban J connectivity index is 0.00000261. The van der Waals surface area contributed by atoms with Gasteiger partial charge in [0.05, 0.1) is 11.4 Å². The van der Waals surface area contributed by atoms with Gasteiger partial charge in [0.15, 0.2) is 5.69 Å². The Morgan fingerprint density at radius 3 is 2.59 bits per heavy atom. The Hall–Kier alpha value is -2.26. The molecule has 1 fully saturated rings. The van der Waals surface area contributed by atoms with Gasteiger partial charge in [-0.1, -0.05) is 5.21 Å². The highest BCUT2D eigenvalue weighted by Gasteiger charge is 2.34. The number of hydrogen-bond acceptors (Lipinski definition) is 5. The highest BCUT2D eigenvalue weighted by Crippen LogP contribution is 2.25. The van der Waals surface area contributed by atoms with Crippen LogP contribution in [0.3, 0.4) is 0 Å². The molecule has 0 bridgehead atoms. The van der Waals surface area contributed by atoms with E-state index in [0.29, 0.717) is 30.4 Å². The minimum absolute atomic E-state index is 0. The molecule has 1 aromatic heterocycles. The van der Waals surface area contributed by atoms with Crippen LogP contribution in [-0.2, 0) is 0 Å². The van der Waals surface area contributed by atoms with Gasteiger partial charge in [-0.05, 0) is 57.0 Å². The van der Waals surface area contributed by atoms with Crippen LogP contribution >= 0.6 is 12.4 Å². The van der Waals surface area contributed by atoms with Crippen LogP contribution in [0.1, 0.15) is 29.5 Å². The van der Waals surface area contributed by atoms with E-state index < -0.39 is 6.61 Å². The van der Waals surface area contributed by atoms with Crippen molar-refractivity contribution in [2.75, 3.05) is 13.1 Å². The molecule has 2 unspecified atom stereocenters. The van der Waals surface area contributed by atoms with Crippen molar-refractivity contribution in [3.05, 3.63) is 35.7 Å². The first-order chi connectivity index (χ1) is 12.4. The number of hydrogen-bond donors (Lipinski definition) is 1. The molecular formula is C17H22ClF2N5O2. The number of alkyl halides is 2. The summed E-state index contributed by atoms with van der Waals surface area (Å²) >= 11 is 0. The number of carbonyl (C=O) groups excluding carboxylic acids is 1. The zero-order valence-corrected chi connectivity index (χ0v) is 15.8. The molecule has 2 N–H and O–H groups in total. The van der Waals surface area contributed by atoms with E-state index in [1.54, 1.807) is 24.0 Å². The molecule has 0 saturated carbocycles. The summed E-state index contributed by atoms with van der Waals surface area (Å²) in [5.41, 5.74) is 7.19. The Morgan fingerprint density at radius 1 is 1.37 bits per heavy atom. The molecule has 148 valence electrons. The molecule has 0 aliphatic carbocycles. The molecular weight excluding hydrogens is 380 g/mol. The van der Waals surface area contributed by atoms with Crippen LogP contribution in [0.4, 0.5) is 8.78 Å². The van der Waals surface area contributed by atoms with Crippen LogP contribution in [0.2, 0.25) is 0 Å². The predicted octanol–water partition coefficient (Wildman–Crippen LogP) is 2.41. The molecule has 1 amide bonds. The lowest BCUT2D eigenvalue weighted by Gasteiger charge is -2.20. The monoisotopic (exact) mass is 401 g/mol. The van der Waals surface area contributed by atoms with Crippen molar-refractivity contribution in [3.63, 3.8) is 0 Å². The molecule has 7 nitrogen and oxygen atoms in total. The number of rotatable bonds is 5. The van der Waals surface area contributed by atoms with E-state index in [0.717, 1.165) is 6.42 Å². The third-order valence-electron chi connectivity index (χ3n) is 4.66. The van der Waals surface area contributed by atoms with Crippen molar-refractivity contribution in [1.29, 1.82) is 0 Å². The molecule has 1 aliphatic heterocycles. The second-order valence-corrected chi connectivity index (χ2v) is 6.45. The van der Waals surface area contributed by atoms with E-state index in [1.165, 1.54) is 16.8 Å². The minimum Gasteiger partial charge on any atom is -0.435 e. The second kappa shape index (κ2) is 8.62. The summed E-state index contributed by atoms with van der Waals surface area (Å²) in [5, 5.41) is 8.07. The van der Waals surface area contributed by atoms with Gasteiger partial charge in [0, 0.05) is 12.6 Å². The maximum Gasteiger partial charge on any atom is 0.387 e. The predicted molar refractivity (Wildman–Crippen MR) is 97.6 cm³/mol. The summed E-state index contributed by atoms with van der Waals surface area (Å²) in [5.74, 6) is 0.179. The smallest absolute Gasteiger partial charge is 0.387 e. The SMILES string of the molecule is Cc1c(C(=O)N2CC(CN)CC2C)nnn1-c1ccc(OC(F)F)cc1.Cl. The minimum atomic E-state index is -2.88. The fourth-order valence-corrected chi connectivity index (χ4v) is 3.27. The number of nitrogens with two attached hydrogens (primary N) is 1. The van der Waals surface area contributed by atoms with Crippen LogP contribution < -0.4 is 10.5 Å². The summed E-state index contributed by atoms with van der Waals surface area (Å²) in [6.07, 6.45) is 0.876. The number of carbonyl (C=O) groups is 1. The first-order valence-electron chi connectivity index (χ1n) is 8.39. The fraction of sp³-hybridized carbons (Fsp3) is 0.471. The van der Waals surface area contributed by atoms with E-state index in [4.69, 9.17) is 5.73 Å². The standard InChI is InChI=1S/C17H21F2N5O2.ClH/c1-10-7-12(8-20)9-23(10)16(25)15-11(2)24(22-21-15)13-3-5-14(6-4-13)26-17(18)19;/h3-6,10,12,17H,7-9,20H2,1-2H3;1H. The average Bonchev–Trinajstić information content (AvgIpc) is 3.17. The Morgan fingerprint density at radius 2 is 2.04 bits per heavy atom. The van der Waals surface area contributed by atoms with Crippen LogP contribution in [-0.4, -0.2) is 51.5 Å². The van der Waals surface area contributed by atoms with Gasteiger partial charge in [0.2, 0.25) is 0 Å². The fourth-order valence-electron chi connectivity index (χ4n) is 3.27. The third kappa shape index (κ3) is 4.36. The van der Waals surface area contributed by atoms with E-state index >= 15 is 0 Å². The highest BCUT2D eigenvalue weighted by molar-refractivity contribution is 5.93. The molecule has 27 heavy (non-hydrogen) atoms. The topological polar surface area (TPSA) is 86.3 Å². The summed E-state index contributed by atoms with van der Waals surface area (Å²) in [7, 11) is 0. The molecule has 1 aliphatic rings. The van der Waals surface area contributed by atoms with Gasteiger partial charge in [0.25, 0.3) is 5.91 Å². The molecule has 10 heteroatoms. The van der Waals surface area contributed by atoms with Crippen LogP contribution in [0.5, 0.6) is 5.75 Å². The number of ether oxygens (including phenoxy) is 1. The van der Waals surface area contributed by atoms with Gasteiger partial charge in [0.1, 0.15) is 5.75 Å². The Bertz CT molecular complexity index is 784. The number of benzene rings is 1. The molecule has 0 radical (unpaired) electrons. The van der Waals surface area contributed by atoms with Crippen LogP contribution in [0, 0.1) is 12.8 Å². The Kier molecular flexibility index (Phi) is 6.72. The maximum atomic E-state index is 12.8. The van der Waals surface area contributed by atoms with Gasteiger partial charge < -0.3 is 15.4 Å². The number of halogens is 3. The second-order valence-electron chi connectivity index (χ2n) is 6.45. The summed E-state index contributed by atoms with van der Waals surface area (Å²) in [6, 6.07) is 6.09. The van der Waals surface area contributed by atoms with Gasteiger partial charge in [-0.25, -0.2) is 4.68 Å². The first kappa shape index (κ1) is 21.0. The summed E-state index contributed by atoms with van der Waals surface area (Å²) < 4.78 is 30.3. The van der Waals surface area contributed by atoms with Crippen molar-refractivity contribution in [2.24, 2.45) is 11.7 Å². The molecule has 2 heterocycles. The number of nitrogens with zero attached hydrogens (tertiary/aromatic N) is 4. The van der Waals surface area contributed by atoms with Crippen LogP contribution in [0.15, 0.2) is 24.3 Å². The quantitative estimate of drug-likeness (QED) is 0.831. The average molecular weight is 402 g/mol. The van der Waals surface area contributed by atoms with E-state index in [2.05, 4.69) is 15.0 Å². The van der Waals surface area contributed by atoms with E-state index in [9.17, 15) is 13.6 Å². The molecule has 1 saturated heterocycles. The van der Waals surface area contributed by atoms with Gasteiger partial charge in [-0.2, -0.15) is 8.78 Å². The molecule has 2 aromatic rings. The molecule has 0 spiro atoms. The van der Waals surface area contributed by atoms with Crippen molar-refractivity contribution < 1.29 is 18.3 Å². The van der Waals surface area contributed by atoms with Gasteiger partial charge in [-0.3, -0.25) is 4.79 Å². The lowest BCUT2D eigenvalue weighted by molar-refractivity contribution is -0.0498. The van der Waals surface area contributed by atoms with Crippen molar-refractivity contribution in [2.45, 2.75) is 32.9 Å². The lowest BCUT2D eigenvalue weighted by atomic mass is 10.1. The molecule has 3 rings (SSSR count). The number of aromatic nitrogens is 3. The van der Waals surface area contributed by atoms with Crippen molar-refractivity contribution in [3.8, 4) is 11.4 Å². The van der Waals surface area contributed by atoms with Gasteiger partial charge >= 0.3 is 6.61 Å². The summed E-state index contributed by atoms with van der Waals surface area (Å²) in [4.78, 5) is 14.6. The molecule has 2 atom stereocenters. The summed E-state index contributed by atoms with van der Waals surface area (Å²) in [6.45, 7) is 2.03. The van der Waals surface area contributed by atoms with E-state index in [1.807, 2.05) is 6.92 Å². The maximum absolute atomic E-state index is 12.8. The number of amides is 1. The number of likely N-dealkylation sites (tertiary alicyclic amines) is 1. The highest BCUT2D eigenvalue weighted by atomic mass is 35.5. The zero-order chi connectivity index (χ0) is 18.8. The first-order valence-corrected chi connectivity index (χ1v) is 8.39. The third-order valence-corrected chi connectivity index (χ3v) is 4.66. The normalized spacial score (nSPS) is 19.3. The van der Waals surface area contributed by atoms with Gasteiger partial charge in [-0.15, -0.1) is 17.5 Å². The van der Waals surface area contributed by atoms with Crippen molar-refractivity contribution in [1.82, 2.24) is 19.9 Å². The zero-order valence-electron chi connectivity index (χ0n) is 15.0. The van der Waals surface area contributed by atoms with E-state index in [-0.39, 0.29) is 35.8 Å². The van der Waals surface area contributed by atoms with Crippen LogP contribution in [0.25, 0.3) is 5.69 Å². The lowest BCUT2D eigenvalue weighted by Crippen LogP contribution is -2.35. The molecule has 1 aromatic carbocycles. The van der Waals surface area contributed by atoms with Crippen molar-refractivity contribution >= 4 is 18.3 Å². The largest absolute Gasteiger partial charge is 0.435 e. The Labute approximate surface area is 161 Å².